The van der Waals surface area contributed by atoms with Gasteiger partial charge in [0.05, 0.1) is 45.7 Å². The minimum atomic E-state index is -5.57. The third-order valence-electron chi connectivity index (χ3n) is 14.2. The normalized spacial score (nSPS) is 22.5. The summed E-state index contributed by atoms with van der Waals surface area (Å²) in [4.78, 5) is 173. The highest BCUT2D eigenvalue weighted by Gasteiger charge is 2.53. The number of aromatic nitrogens is 8. The standard InChI is InChI=1S/2C24H40N7O18P3S/c1-12(32)23(37)53-7-6-26-14(33)4-5-27-21(36)18(35)24(2,3)9-46-52(43,44)49-51(41,42)45-8-13-17(48-50(38,39)40)16(34)22(47-13)31-11-30-15-19(25)28-10-29-20(15)31;1-24(2,19(36)22(37)27-5-3-14(33)26-6-8-53-15(34)4-7-32)10-46-52(43,44)49-51(41,42)45-9-13-18(48-50(38,39)40)17(35)23(47-13)31-12-30-16-20(25)28-11-29-21(16)31/h10-13,16-18,22,32,34-35H,4-9H2,1-3H3,(H,26,33)(H,27,36)(H,41,42)(H,43,44)(H2,25,28,29)(H2,38,39,40);11-13,17-19,23,32,35-36H,3-10H2,1-2H3,(H,26,33)(H,27,37)(H,41,42)(H,43,44)(H2,25,28,29)(H2,38,39,40)/t12?,13-,16-,17-,18+,22-;13-,17-,18-,19+,23-/m11/s1. The van der Waals surface area contributed by atoms with Gasteiger partial charge in [-0.05, 0) is 6.92 Å². The van der Waals surface area contributed by atoms with Crippen molar-refractivity contribution in [1.29, 1.82) is 0 Å². The number of carbonyl (C=O) groups excluding carboxylic acids is 6. The van der Waals surface area contributed by atoms with E-state index in [4.69, 9.17) is 49.2 Å². The summed E-state index contributed by atoms with van der Waals surface area (Å²) in [5.74, 6) is -2.58. The lowest BCUT2D eigenvalue weighted by molar-refractivity contribution is -0.137. The van der Waals surface area contributed by atoms with E-state index in [2.05, 4.69) is 68.8 Å². The lowest BCUT2D eigenvalue weighted by Gasteiger charge is -2.30. The third kappa shape index (κ3) is 28.7. The molecular weight excluding hydrogens is 1600 g/mol. The van der Waals surface area contributed by atoms with Crippen LogP contribution >= 0.6 is 70.5 Å². The number of hydrogen-bond donors (Lipinski definition) is 20. The van der Waals surface area contributed by atoms with Gasteiger partial charge >= 0.3 is 46.9 Å². The molecule has 106 heavy (non-hydrogen) atoms. The summed E-state index contributed by atoms with van der Waals surface area (Å²) in [6.07, 6.45) is -15.1. The number of nitrogen functional groups attached to an aromatic ring is 2. The van der Waals surface area contributed by atoms with Crippen LogP contribution < -0.4 is 32.7 Å². The molecule has 600 valence electrons. The first-order chi connectivity index (χ1) is 49.0. The van der Waals surface area contributed by atoms with Crippen LogP contribution in [-0.4, -0.2) is 268 Å². The highest BCUT2D eigenvalue weighted by molar-refractivity contribution is 8.14. The number of carbonyl (C=O) groups is 6. The molecule has 2 aliphatic heterocycles. The lowest BCUT2D eigenvalue weighted by Crippen LogP contribution is -2.46. The van der Waals surface area contributed by atoms with Gasteiger partial charge in [-0.2, -0.15) is 8.62 Å². The monoisotopic (exact) mass is 1680 g/mol. The van der Waals surface area contributed by atoms with E-state index in [1.54, 1.807) is 0 Å². The highest BCUT2D eigenvalue weighted by atomic mass is 32.2. The number of nitrogens with zero attached hydrogens (tertiary/aromatic N) is 8. The predicted octanol–water partition coefficient (Wildman–Crippen LogP) is -3.91. The average molecular weight is 1680 g/mol. The number of ether oxygens (including phenoxy) is 2. The van der Waals surface area contributed by atoms with Crippen LogP contribution in [0.1, 0.15) is 66.3 Å². The fourth-order valence-corrected chi connectivity index (χ4v) is 15.8. The second kappa shape index (κ2) is 39.3. The molecule has 4 aromatic rings. The Balaban J connectivity index is 0.000000381. The Hall–Kier alpha value is -4.96. The van der Waals surface area contributed by atoms with Gasteiger partial charge in [0.15, 0.2) is 40.5 Å². The van der Waals surface area contributed by atoms with Crippen molar-refractivity contribution in [1.82, 2.24) is 60.3 Å². The molecule has 0 aliphatic carbocycles. The summed E-state index contributed by atoms with van der Waals surface area (Å²) in [5.41, 5.74) is 8.46. The molecule has 2 saturated heterocycles. The predicted molar refractivity (Wildman–Crippen MR) is 358 cm³/mol. The molecular formula is C48H80N14O36P6S2. The van der Waals surface area contributed by atoms with Gasteiger partial charge in [0.25, 0.3) is 0 Å². The van der Waals surface area contributed by atoms with Crippen molar-refractivity contribution in [3.8, 4) is 0 Å². The molecule has 0 bridgehead atoms. The SMILES string of the molecule is CC(C)(COP(=O)(O)OP(=O)(O)OC[C@H]1O[C@@H](n2cnc3c(N)ncnc32)[C@H](O)[C@@H]1OP(=O)(O)O)[C@@H](O)C(=O)NCCC(=O)NCCSC(=O)CCO.CC(O)C(=O)SCCNC(=O)CCNC(=O)[C@H](O)C(C)(C)COP(=O)(O)OP(=O)(O)OC[C@H]1O[C@@H](n2cnc3c(N)ncnc32)[C@H](O)[C@@H]1OP(=O)(O)O. The highest BCUT2D eigenvalue weighted by Crippen LogP contribution is 2.63. The van der Waals surface area contributed by atoms with E-state index in [1.165, 1.54) is 34.6 Å². The maximum Gasteiger partial charge on any atom is 0.481 e. The molecule has 4 amide bonds. The molecule has 58 heteroatoms. The summed E-state index contributed by atoms with van der Waals surface area (Å²) in [6.45, 7) is 1.70. The number of aliphatic hydroxyl groups excluding tert-OH is 6. The molecule has 2 fully saturated rings. The van der Waals surface area contributed by atoms with Crippen LogP contribution in [0.4, 0.5) is 11.6 Å². The van der Waals surface area contributed by atoms with Gasteiger partial charge < -0.3 is 112 Å². The van der Waals surface area contributed by atoms with Gasteiger partial charge in [0.2, 0.25) is 28.7 Å². The smallest absolute Gasteiger partial charge is 0.396 e. The first-order valence-electron chi connectivity index (χ1n) is 30.4. The number of fused-ring (bicyclic) bond motifs is 2. The summed E-state index contributed by atoms with van der Waals surface area (Å²) in [5, 5.41) is 69.5. The van der Waals surface area contributed by atoms with Gasteiger partial charge in [-0.3, -0.25) is 65.0 Å². The van der Waals surface area contributed by atoms with E-state index in [9.17, 15) is 116 Å². The van der Waals surface area contributed by atoms with Gasteiger partial charge in [0, 0.05) is 67.8 Å². The number of thioether (sulfide) groups is 2. The maximum absolute atomic E-state index is 12.6. The molecule has 4 aromatic heterocycles. The molecule has 22 N–H and O–H groups in total. The first-order valence-corrected chi connectivity index (χ1v) is 41.4. The zero-order valence-corrected chi connectivity index (χ0v) is 63.0. The largest absolute Gasteiger partial charge is 0.481 e. The number of aliphatic hydroxyl groups is 6. The number of nitrogens with one attached hydrogen (secondary N) is 4. The minimum absolute atomic E-state index is 0.0134. The Bertz CT molecular complexity index is 4010. The van der Waals surface area contributed by atoms with Crippen molar-refractivity contribution in [3.05, 3.63) is 25.3 Å². The molecule has 6 rings (SSSR count). The second-order valence-electron chi connectivity index (χ2n) is 23.7. The van der Waals surface area contributed by atoms with Crippen LogP contribution in [0.3, 0.4) is 0 Å². The van der Waals surface area contributed by atoms with Crippen LogP contribution in [0.25, 0.3) is 22.3 Å². The van der Waals surface area contributed by atoms with Crippen LogP contribution in [0.2, 0.25) is 0 Å². The number of rotatable bonds is 41. The maximum atomic E-state index is 12.6. The molecule has 0 spiro atoms. The number of imidazole rings is 2. The molecule has 5 unspecified atom stereocenters. The Morgan fingerprint density at radius 3 is 1.28 bits per heavy atom. The molecule has 0 radical (unpaired) electrons. The van der Waals surface area contributed by atoms with E-state index in [-0.39, 0.29) is 103 Å². The summed E-state index contributed by atoms with van der Waals surface area (Å²) >= 11 is 1.76. The number of anilines is 2. The van der Waals surface area contributed by atoms with Crippen LogP contribution in [-0.2, 0) is 101 Å². The summed E-state index contributed by atoms with van der Waals surface area (Å²) in [6, 6.07) is 0. The first kappa shape index (κ1) is 91.6. The van der Waals surface area contributed by atoms with Crippen molar-refractivity contribution >= 4 is 138 Å². The van der Waals surface area contributed by atoms with Crippen LogP contribution in [0, 0.1) is 10.8 Å². The van der Waals surface area contributed by atoms with Gasteiger partial charge in [0.1, 0.15) is 78.6 Å². The summed E-state index contributed by atoms with van der Waals surface area (Å²) in [7, 11) is -32.8. The van der Waals surface area contributed by atoms with Gasteiger partial charge in [-0.25, -0.2) is 57.3 Å². The van der Waals surface area contributed by atoms with E-state index >= 15 is 0 Å². The van der Waals surface area contributed by atoms with Crippen molar-refractivity contribution in [3.63, 3.8) is 0 Å². The Kier molecular flexibility index (Phi) is 34.0. The zero-order chi connectivity index (χ0) is 79.7. The molecule has 50 nitrogen and oxygen atoms in total. The molecule has 6 heterocycles. The molecule has 0 aromatic carbocycles. The quantitative estimate of drug-likeness (QED) is 0.0149. The number of phosphoric acid groups is 6. The molecule has 2 aliphatic rings. The van der Waals surface area contributed by atoms with Crippen molar-refractivity contribution < 1.29 is 171 Å². The Morgan fingerprint density at radius 2 is 0.925 bits per heavy atom. The zero-order valence-electron chi connectivity index (χ0n) is 56.0. The lowest BCUT2D eigenvalue weighted by atomic mass is 9.87. The average Bonchev–Trinajstić information content (AvgIpc) is 1.62. The van der Waals surface area contributed by atoms with Crippen LogP contribution in [0.15, 0.2) is 25.3 Å². The number of amides is 4. The minimum Gasteiger partial charge on any atom is -0.396 e. The van der Waals surface area contributed by atoms with Crippen molar-refractivity contribution in [2.45, 2.75) is 121 Å². The Labute approximate surface area is 607 Å². The fourth-order valence-electron chi connectivity index (χ4n) is 8.86. The van der Waals surface area contributed by atoms with Crippen LogP contribution in [0.5, 0.6) is 0 Å². The van der Waals surface area contributed by atoms with E-state index in [0.29, 0.717) is 0 Å². The summed E-state index contributed by atoms with van der Waals surface area (Å²) < 4.78 is 124. The van der Waals surface area contributed by atoms with E-state index in [1.807, 2.05) is 0 Å². The van der Waals surface area contributed by atoms with Crippen molar-refractivity contribution in [2.24, 2.45) is 10.8 Å². The van der Waals surface area contributed by atoms with E-state index < -0.39 is 180 Å². The van der Waals surface area contributed by atoms with Gasteiger partial charge in [-0.15, -0.1) is 0 Å². The number of nitrogens with two attached hydrogens (primary N) is 2. The Morgan fingerprint density at radius 1 is 0.557 bits per heavy atom. The topological polar surface area (TPSA) is 768 Å². The number of hydrogen-bond acceptors (Lipinski definition) is 38. The molecule has 0 saturated carbocycles. The van der Waals surface area contributed by atoms with E-state index in [0.717, 1.165) is 58.0 Å². The third-order valence-corrected chi connectivity index (χ3v) is 22.3. The second-order valence-corrected chi connectivity index (χ2v) is 34.4. The fraction of sp³-hybridized carbons (Fsp3) is 0.667. The number of phosphoric ester groups is 6. The molecule has 15 atom stereocenters. The van der Waals surface area contributed by atoms with Gasteiger partial charge in [-0.1, -0.05) is 51.2 Å². The van der Waals surface area contributed by atoms with Crippen molar-refractivity contribution in [2.75, 3.05) is 82.2 Å².